The molecule has 0 spiro atoms. The summed E-state index contributed by atoms with van der Waals surface area (Å²) in [6.07, 6.45) is 8.57. The van der Waals surface area contributed by atoms with Crippen molar-refractivity contribution < 1.29 is 19.2 Å². The Morgan fingerprint density at radius 1 is 1.27 bits per heavy atom. The van der Waals surface area contributed by atoms with E-state index in [1.807, 2.05) is 0 Å². The first-order chi connectivity index (χ1) is 12.5. The Morgan fingerprint density at radius 2 is 2.04 bits per heavy atom. The molecule has 0 unspecified atom stereocenters. The highest BCUT2D eigenvalue weighted by Gasteiger charge is 2.25. The predicted molar refractivity (Wildman–Crippen MR) is 98.9 cm³/mol. The molecular formula is C18H20N2O5S. The molecule has 0 radical (unpaired) electrons. The van der Waals surface area contributed by atoms with Crippen LogP contribution < -0.4 is 10.1 Å². The number of nitrogens with one attached hydrogen (secondary N) is 1. The van der Waals surface area contributed by atoms with Crippen LogP contribution in [-0.2, 0) is 4.79 Å². The third-order valence-corrected chi connectivity index (χ3v) is 5.44. The first-order valence-electron chi connectivity index (χ1n) is 8.69. The van der Waals surface area contributed by atoms with Crippen molar-refractivity contribution in [3.05, 3.63) is 38.8 Å². The topological polar surface area (TPSA) is 98.5 Å². The Morgan fingerprint density at radius 3 is 2.69 bits per heavy atom. The monoisotopic (exact) mass is 376 g/mol. The van der Waals surface area contributed by atoms with Crippen molar-refractivity contribution in [3.63, 3.8) is 0 Å². The number of hydrogen-bond donors (Lipinski definition) is 1. The number of nitro groups is 1. The van der Waals surface area contributed by atoms with Crippen LogP contribution in [0.5, 0.6) is 5.75 Å². The van der Waals surface area contributed by atoms with Crippen molar-refractivity contribution in [1.82, 2.24) is 5.32 Å². The highest BCUT2D eigenvalue weighted by Crippen LogP contribution is 2.32. The number of ether oxygens (including phenoxy) is 1. The number of amides is 2. The molecule has 1 saturated heterocycles. The maximum Gasteiger partial charge on any atom is 0.310 e. The van der Waals surface area contributed by atoms with Gasteiger partial charge in [-0.3, -0.25) is 25.0 Å². The lowest BCUT2D eigenvalue weighted by Gasteiger charge is -2.21. The molecule has 2 amide bonds. The summed E-state index contributed by atoms with van der Waals surface area (Å²) in [7, 11) is 0. The molecule has 0 bridgehead atoms. The molecule has 0 aromatic heterocycles. The normalized spacial score (nSPS) is 19.6. The minimum atomic E-state index is -0.479. The summed E-state index contributed by atoms with van der Waals surface area (Å²) >= 11 is 0.808. The number of rotatable bonds is 6. The molecule has 1 N–H and O–H groups in total. The molecule has 26 heavy (non-hydrogen) atoms. The zero-order chi connectivity index (χ0) is 18.5. The van der Waals surface area contributed by atoms with E-state index in [2.05, 4.69) is 5.32 Å². The van der Waals surface area contributed by atoms with Gasteiger partial charge < -0.3 is 4.74 Å². The Labute approximate surface area is 155 Å². The van der Waals surface area contributed by atoms with E-state index in [1.165, 1.54) is 50.3 Å². The van der Waals surface area contributed by atoms with Crippen LogP contribution >= 0.6 is 11.8 Å². The van der Waals surface area contributed by atoms with Gasteiger partial charge in [0.2, 0.25) is 0 Å². The summed E-state index contributed by atoms with van der Waals surface area (Å²) in [6.45, 7) is 0.430. The zero-order valence-electron chi connectivity index (χ0n) is 14.2. The molecule has 8 heteroatoms. The van der Waals surface area contributed by atoms with Crippen LogP contribution in [0.3, 0.4) is 0 Å². The number of carbonyl (C=O) groups excluding carboxylic acids is 2. The minimum Gasteiger partial charge on any atom is -0.487 e. The van der Waals surface area contributed by atoms with Gasteiger partial charge in [0.1, 0.15) is 0 Å². The lowest BCUT2D eigenvalue weighted by atomic mass is 9.87. The maximum atomic E-state index is 11.6. The van der Waals surface area contributed by atoms with E-state index in [0.717, 1.165) is 18.2 Å². The van der Waals surface area contributed by atoms with Crippen molar-refractivity contribution >= 4 is 34.7 Å². The largest absolute Gasteiger partial charge is 0.487 e. The standard InChI is InChI=1S/C18H20N2O5S/c21-17-16(26-18(22)19-17)11-13-6-7-14(20(23)24)15(10-13)25-9-8-12-4-2-1-3-5-12/h6-7,10-12H,1-5,8-9H2,(H,19,21,22)/b16-11-. The first-order valence-corrected chi connectivity index (χ1v) is 9.50. The Bertz CT molecular complexity index is 756. The average Bonchev–Trinajstić information content (AvgIpc) is 2.93. The molecule has 1 aliphatic carbocycles. The smallest absolute Gasteiger partial charge is 0.310 e. The molecule has 1 saturated carbocycles. The van der Waals surface area contributed by atoms with Gasteiger partial charge in [-0.25, -0.2) is 0 Å². The second-order valence-corrected chi connectivity index (χ2v) is 7.49. The molecule has 3 rings (SSSR count). The minimum absolute atomic E-state index is 0.101. The van der Waals surface area contributed by atoms with Crippen molar-refractivity contribution in [2.45, 2.75) is 38.5 Å². The Kier molecular flexibility index (Phi) is 5.92. The fraction of sp³-hybridized carbons (Fsp3) is 0.444. The number of benzene rings is 1. The van der Waals surface area contributed by atoms with E-state index in [1.54, 1.807) is 6.07 Å². The molecule has 1 aromatic carbocycles. The molecule has 7 nitrogen and oxygen atoms in total. The summed E-state index contributed by atoms with van der Waals surface area (Å²) < 4.78 is 5.71. The number of hydrogen-bond acceptors (Lipinski definition) is 6. The van der Waals surface area contributed by atoms with Gasteiger partial charge in [-0.05, 0) is 47.9 Å². The maximum absolute atomic E-state index is 11.6. The van der Waals surface area contributed by atoms with Crippen LogP contribution in [0, 0.1) is 16.0 Å². The highest BCUT2D eigenvalue weighted by atomic mass is 32.2. The molecular weight excluding hydrogens is 356 g/mol. The van der Waals surface area contributed by atoms with E-state index in [4.69, 9.17) is 4.74 Å². The third kappa shape index (κ3) is 4.63. The summed E-state index contributed by atoms with van der Waals surface area (Å²) in [5.41, 5.74) is 0.478. The summed E-state index contributed by atoms with van der Waals surface area (Å²) in [6, 6.07) is 4.44. The second-order valence-electron chi connectivity index (χ2n) is 6.48. The van der Waals surface area contributed by atoms with Gasteiger partial charge >= 0.3 is 5.69 Å². The van der Waals surface area contributed by atoms with Gasteiger partial charge in [0.05, 0.1) is 16.4 Å². The van der Waals surface area contributed by atoms with Gasteiger partial charge in [-0.2, -0.15) is 0 Å². The number of carbonyl (C=O) groups is 2. The number of imide groups is 1. The van der Waals surface area contributed by atoms with Gasteiger partial charge in [0.25, 0.3) is 11.1 Å². The van der Waals surface area contributed by atoms with Crippen molar-refractivity contribution in [1.29, 1.82) is 0 Å². The molecule has 1 aromatic rings. The highest BCUT2D eigenvalue weighted by molar-refractivity contribution is 8.18. The summed E-state index contributed by atoms with van der Waals surface area (Å²) in [5.74, 6) is 0.353. The van der Waals surface area contributed by atoms with Crippen LogP contribution in [0.1, 0.15) is 44.1 Å². The van der Waals surface area contributed by atoms with Crippen LogP contribution in [0.2, 0.25) is 0 Å². The van der Waals surface area contributed by atoms with Crippen molar-refractivity contribution in [3.8, 4) is 5.75 Å². The van der Waals surface area contributed by atoms with Gasteiger partial charge in [-0.1, -0.05) is 32.1 Å². The molecule has 1 aliphatic heterocycles. The van der Waals surface area contributed by atoms with Crippen LogP contribution in [0.15, 0.2) is 23.1 Å². The third-order valence-electron chi connectivity index (χ3n) is 4.63. The molecule has 2 aliphatic rings. The van der Waals surface area contributed by atoms with Crippen LogP contribution in [0.25, 0.3) is 6.08 Å². The van der Waals surface area contributed by atoms with Gasteiger partial charge in [-0.15, -0.1) is 0 Å². The summed E-state index contributed by atoms with van der Waals surface area (Å²) in [4.78, 5) is 33.9. The Hall–Kier alpha value is -2.35. The van der Waals surface area contributed by atoms with E-state index in [9.17, 15) is 19.7 Å². The lowest BCUT2D eigenvalue weighted by molar-refractivity contribution is -0.385. The first kappa shape index (κ1) is 18.4. The van der Waals surface area contributed by atoms with E-state index < -0.39 is 16.1 Å². The fourth-order valence-electron chi connectivity index (χ4n) is 3.27. The lowest BCUT2D eigenvalue weighted by Crippen LogP contribution is -2.17. The molecule has 1 heterocycles. The van der Waals surface area contributed by atoms with E-state index >= 15 is 0 Å². The fourth-order valence-corrected chi connectivity index (χ4v) is 3.95. The quantitative estimate of drug-likeness (QED) is 0.452. The number of nitrogens with zero attached hydrogens (tertiary/aromatic N) is 1. The Balaban J connectivity index is 1.71. The zero-order valence-corrected chi connectivity index (χ0v) is 15.0. The van der Waals surface area contributed by atoms with Crippen LogP contribution in [0.4, 0.5) is 10.5 Å². The second kappa shape index (κ2) is 8.35. The van der Waals surface area contributed by atoms with Crippen LogP contribution in [-0.4, -0.2) is 22.7 Å². The van der Waals surface area contributed by atoms with Crippen molar-refractivity contribution in [2.75, 3.05) is 6.61 Å². The number of nitro benzene ring substituents is 1. The predicted octanol–water partition coefficient (Wildman–Crippen LogP) is 4.27. The van der Waals surface area contributed by atoms with Gasteiger partial charge in [0.15, 0.2) is 5.75 Å². The molecule has 2 fully saturated rings. The van der Waals surface area contributed by atoms with E-state index in [0.29, 0.717) is 18.1 Å². The summed E-state index contributed by atoms with van der Waals surface area (Å²) in [5, 5.41) is 13.0. The van der Waals surface area contributed by atoms with E-state index in [-0.39, 0.29) is 16.3 Å². The number of thioether (sulfide) groups is 1. The van der Waals surface area contributed by atoms with Crippen molar-refractivity contribution in [2.24, 2.45) is 5.92 Å². The molecule has 0 atom stereocenters. The van der Waals surface area contributed by atoms with Gasteiger partial charge in [0, 0.05) is 6.07 Å². The average molecular weight is 376 g/mol. The molecule has 138 valence electrons. The SMILES string of the molecule is O=C1NC(=O)/C(=C/c2ccc([N+](=O)[O-])c(OCCC3CCCCC3)c2)S1.